The van der Waals surface area contributed by atoms with Crippen LogP contribution in [-0.4, -0.2) is 4.98 Å². The second kappa shape index (κ2) is 3.34. The highest BCUT2D eigenvalue weighted by Gasteiger charge is 2.05. The number of benzene rings is 1. The van der Waals surface area contributed by atoms with Crippen LogP contribution in [0.1, 0.15) is 0 Å². The minimum Gasteiger partial charge on any atom is -0.312 e. The monoisotopic (exact) mass is 213 g/mol. The maximum atomic E-state index is 12.8. The molecule has 0 atom stereocenters. The third kappa shape index (κ3) is 1.58. The third-order valence-electron chi connectivity index (χ3n) is 1.75. The summed E-state index contributed by atoms with van der Waals surface area (Å²) < 4.78 is 25.4. The van der Waals surface area contributed by atoms with Gasteiger partial charge >= 0.3 is 4.87 Å². The molecule has 1 aromatic carbocycles. The van der Waals surface area contributed by atoms with E-state index in [1.54, 1.807) is 5.38 Å². The summed E-state index contributed by atoms with van der Waals surface area (Å²) in [6, 6.07) is 3.49. The highest BCUT2D eigenvalue weighted by Crippen LogP contribution is 2.19. The first-order valence-electron chi connectivity index (χ1n) is 3.80. The zero-order valence-corrected chi connectivity index (χ0v) is 7.70. The van der Waals surface area contributed by atoms with Crippen molar-refractivity contribution >= 4 is 11.3 Å². The Kier molecular flexibility index (Phi) is 2.17. The largest absolute Gasteiger partial charge is 0.312 e. The van der Waals surface area contributed by atoms with Gasteiger partial charge in [-0.1, -0.05) is 11.3 Å². The van der Waals surface area contributed by atoms with Gasteiger partial charge < -0.3 is 4.98 Å². The van der Waals surface area contributed by atoms with Gasteiger partial charge in [-0.15, -0.1) is 0 Å². The Hall–Kier alpha value is -1.49. The topological polar surface area (TPSA) is 32.9 Å². The van der Waals surface area contributed by atoms with Crippen molar-refractivity contribution in [2.75, 3.05) is 0 Å². The van der Waals surface area contributed by atoms with Crippen molar-refractivity contribution in [3.05, 3.63) is 44.9 Å². The summed E-state index contributed by atoms with van der Waals surface area (Å²) in [5.74, 6) is -1.82. The van der Waals surface area contributed by atoms with Crippen molar-refractivity contribution in [1.82, 2.24) is 4.98 Å². The quantitative estimate of drug-likeness (QED) is 0.775. The molecule has 14 heavy (non-hydrogen) atoms. The van der Waals surface area contributed by atoms with Crippen molar-refractivity contribution in [1.29, 1.82) is 0 Å². The Morgan fingerprint density at radius 1 is 1.21 bits per heavy atom. The molecule has 1 aromatic heterocycles. The number of H-pyrrole nitrogens is 1. The van der Waals surface area contributed by atoms with Crippen LogP contribution in [0, 0.1) is 11.6 Å². The van der Waals surface area contributed by atoms with E-state index in [0.717, 1.165) is 23.5 Å². The number of aromatic nitrogens is 1. The summed E-state index contributed by atoms with van der Waals surface area (Å²) >= 11 is 0.982. The first-order chi connectivity index (χ1) is 6.66. The molecule has 0 radical (unpaired) electrons. The lowest BCUT2D eigenvalue weighted by Gasteiger charge is -1.97. The van der Waals surface area contributed by atoms with Crippen LogP contribution in [0.4, 0.5) is 8.78 Å². The minimum absolute atomic E-state index is 0.218. The van der Waals surface area contributed by atoms with Gasteiger partial charge in [0.1, 0.15) is 0 Å². The summed E-state index contributed by atoms with van der Waals surface area (Å²) in [5, 5.41) is 1.56. The normalized spacial score (nSPS) is 10.4. The molecule has 0 amide bonds. The molecule has 2 rings (SSSR count). The van der Waals surface area contributed by atoms with Crippen molar-refractivity contribution in [2.45, 2.75) is 0 Å². The fraction of sp³-hybridized carbons (Fsp3) is 0. The van der Waals surface area contributed by atoms with Crippen molar-refractivity contribution in [3.63, 3.8) is 0 Å². The van der Waals surface area contributed by atoms with Crippen LogP contribution in [0.5, 0.6) is 0 Å². The number of thiazole rings is 1. The van der Waals surface area contributed by atoms with E-state index in [-0.39, 0.29) is 4.87 Å². The van der Waals surface area contributed by atoms with Gasteiger partial charge in [-0.2, -0.15) is 0 Å². The Balaban J connectivity index is 2.52. The van der Waals surface area contributed by atoms with Crippen molar-refractivity contribution < 1.29 is 8.78 Å². The molecule has 0 aliphatic rings. The molecule has 0 spiro atoms. The lowest BCUT2D eigenvalue weighted by Crippen LogP contribution is -1.93. The van der Waals surface area contributed by atoms with Gasteiger partial charge in [-0.05, 0) is 18.2 Å². The molecule has 0 saturated carbocycles. The van der Waals surface area contributed by atoms with Crippen LogP contribution in [-0.2, 0) is 0 Å². The van der Waals surface area contributed by atoms with Crippen LogP contribution in [0.3, 0.4) is 0 Å². The molecule has 0 aliphatic carbocycles. The number of rotatable bonds is 1. The van der Waals surface area contributed by atoms with Crippen LogP contribution >= 0.6 is 11.3 Å². The van der Waals surface area contributed by atoms with Gasteiger partial charge in [-0.3, -0.25) is 4.79 Å². The van der Waals surface area contributed by atoms with Crippen LogP contribution in [0.15, 0.2) is 28.4 Å². The summed E-state index contributed by atoms with van der Waals surface area (Å²) in [6.07, 6.45) is 0. The molecule has 0 unspecified atom stereocenters. The molecule has 2 aromatic rings. The molecule has 0 fully saturated rings. The highest BCUT2D eigenvalue weighted by atomic mass is 32.1. The Morgan fingerprint density at radius 3 is 2.57 bits per heavy atom. The maximum Gasteiger partial charge on any atom is 0.304 e. The van der Waals surface area contributed by atoms with E-state index in [4.69, 9.17) is 0 Å². The number of halogens is 2. The maximum absolute atomic E-state index is 12.8. The van der Waals surface area contributed by atoms with E-state index < -0.39 is 11.6 Å². The van der Waals surface area contributed by atoms with Crippen LogP contribution in [0.25, 0.3) is 11.3 Å². The molecule has 0 bridgehead atoms. The molecule has 0 saturated heterocycles. The van der Waals surface area contributed by atoms with Crippen LogP contribution in [0.2, 0.25) is 0 Å². The third-order valence-corrected chi connectivity index (χ3v) is 2.42. The zero-order valence-electron chi connectivity index (χ0n) is 6.88. The first-order valence-corrected chi connectivity index (χ1v) is 4.68. The van der Waals surface area contributed by atoms with E-state index >= 15 is 0 Å². The van der Waals surface area contributed by atoms with Gasteiger partial charge in [-0.25, -0.2) is 8.78 Å². The average molecular weight is 213 g/mol. The van der Waals surface area contributed by atoms with E-state index in [1.807, 2.05) is 0 Å². The second-order valence-corrected chi connectivity index (χ2v) is 3.53. The Morgan fingerprint density at radius 2 is 2.00 bits per heavy atom. The lowest BCUT2D eigenvalue weighted by atomic mass is 10.2. The molecule has 1 heterocycles. The van der Waals surface area contributed by atoms with Gasteiger partial charge in [0.15, 0.2) is 11.6 Å². The van der Waals surface area contributed by atoms with E-state index in [2.05, 4.69) is 4.98 Å². The van der Waals surface area contributed by atoms with E-state index in [1.165, 1.54) is 6.07 Å². The summed E-state index contributed by atoms with van der Waals surface area (Å²) in [7, 11) is 0. The van der Waals surface area contributed by atoms with Crippen molar-refractivity contribution in [3.8, 4) is 11.3 Å². The molecule has 72 valence electrons. The fourth-order valence-electron chi connectivity index (χ4n) is 1.09. The Bertz CT molecular complexity index is 518. The summed E-state index contributed by atoms with van der Waals surface area (Å²) in [6.45, 7) is 0. The second-order valence-electron chi connectivity index (χ2n) is 2.69. The minimum atomic E-state index is -0.922. The molecule has 5 heteroatoms. The van der Waals surface area contributed by atoms with Gasteiger partial charge in [0.25, 0.3) is 0 Å². The van der Waals surface area contributed by atoms with Crippen molar-refractivity contribution in [2.24, 2.45) is 0 Å². The first kappa shape index (κ1) is 9.08. The highest BCUT2D eigenvalue weighted by molar-refractivity contribution is 7.07. The Labute approximate surface area is 81.8 Å². The molecular weight excluding hydrogens is 208 g/mol. The number of nitrogens with one attached hydrogen (secondary N) is 1. The van der Waals surface area contributed by atoms with E-state index in [9.17, 15) is 13.6 Å². The molecule has 1 N–H and O–H groups in total. The summed E-state index contributed by atoms with van der Waals surface area (Å²) in [4.78, 5) is 13.1. The predicted octanol–water partition coefficient (Wildman–Crippen LogP) is 2.38. The fourth-order valence-corrected chi connectivity index (χ4v) is 1.67. The van der Waals surface area contributed by atoms with Gasteiger partial charge in [0.05, 0.1) is 5.69 Å². The number of hydrogen-bond donors (Lipinski definition) is 1. The SMILES string of the molecule is O=c1[nH]c(-c2ccc(F)c(F)c2)cs1. The van der Waals surface area contributed by atoms with Gasteiger partial charge in [0, 0.05) is 10.9 Å². The molecular formula is C9H5F2NOS. The van der Waals surface area contributed by atoms with E-state index in [0.29, 0.717) is 11.3 Å². The standard InChI is InChI=1S/C9H5F2NOS/c10-6-2-1-5(3-7(6)11)8-4-14-9(13)12-8/h1-4H,(H,12,13). The lowest BCUT2D eigenvalue weighted by molar-refractivity contribution is 0.509. The zero-order chi connectivity index (χ0) is 10.1. The predicted molar refractivity (Wildman–Crippen MR) is 50.3 cm³/mol. The van der Waals surface area contributed by atoms with Gasteiger partial charge in [0.2, 0.25) is 0 Å². The molecule has 2 nitrogen and oxygen atoms in total. The van der Waals surface area contributed by atoms with Crippen LogP contribution < -0.4 is 4.87 Å². The average Bonchev–Trinajstić information content (AvgIpc) is 2.57. The smallest absolute Gasteiger partial charge is 0.304 e. The molecule has 0 aliphatic heterocycles. The number of hydrogen-bond acceptors (Lipinski definition) is 2. The summed E-state index contributed by atoms with van der Waals surface area (Å²) in [5.41, 5.74) is 0.959. The number of aromatic amines is 1.